The molecule has 36 heavy (non-hydrogen) atoms. The quantitative estimate of drug-likeness (QED) is 0.398. The summed E-state index contributed by atoms with van der Waals surface area (Å²) in [4.78, 5) is 40.9. The Hall–Kier alpha value is -4.45. The number of carbonyl (C=O) groups excluding carboxylic acids is 3. The van der Waals surface area contributed by atoms with Gasteiger partial charge in [0.05, 0.1) is 5.92 Å². The molecule has 1 atom stereocenters. The minimum absolute atomic E-state index is 0.267. The lowest BCUT2D eigenvalue weighted by molar-refractivity contribution is -0.150. The van der Waals surface area contributed by atoms with Crippen molar-refractivity contribution in [3.63, 3.8) is 0 Å². The molecule has 6 heteroatoms. The molecule has 0 saturated carbocycles. The Morgan fingerprint density at radius 2 is 1.39 bits per heavy atom. The number of benzene rings is 3. The number of piperazine rings is 1. The maximum absolute atomic E-state index is 13.8. The summed E-state index contributed by atoms with van der Waals surface area (Å²) in [5.41, 5.74) is 2.55. The highest BCUT2D eigenvalue weighted by Gasteiger charge is 2.41. The number of amides is 3. The van der Waals surface area contributed by atoms with Gasteiger partial charge in [-0.25, -0.2) is 0 Å². The van der Waals surface area contributed by atoms with Crippen LogP contribution in [0.5, 0.6) is 0 Å². The topological polar surface area (TPSA) is 78.5 Å². The van der Waals surface area contributed by atoms with Crippen LogP contribution in [0, 0.1) is 0 Å². The summed E-state index contributed by atoms with van der Waals surface area (Å²) in [5, 5.41) is 5.53. The minimum atomic E-state index is -1.21. The van der Waals surface area contributed by atoms with Gasteiger partial charge in [0.2, 0.25) is 5.91 Å². The van der Waals surface area contributed by atoms with Gasteiger partial charge in [-0.1, -0.05) is 116 Å². The molecule has 1 aliphatic heterocycles. The van der Waals surface area contributed by atoms with Crippen LogP contribution in [0.3, 0.4) is 0 Å². The van der Waals surface area contributed by atoms with Gasteiger partial charge in [-0.2, -0.15) is 0 Å². The number of allylic oxidation sites excluding steroid dienone is 2. The summed E-state index contributed by atoms with van der Waals surface area (Å²) < 4.78 is 0. The van der Waals surface area contributed by atoms with E-state index in [1.165, 1.54) is 4.90 Å². The van der Waals surface area contributed by atoms with E-state index in [9.17, 15) is 14.4 Å². The van der Waals surface area contributed by atoms with Crippen molar-refractivity contribution in [2.75, 3.05) is 13.1 Å². The van der Waals surface area contributed by atoms with Crippen LogP contribution in [-0.4, -0.2) is 41.8 Å². The zero-order valence-electron chi connectivity index (χ0n) is 20.2. The molecule has 3 aromatic rings. The van der Waals surface area contributed by atoms with E-state index in [1.807, 2.05) is 91.0 Å². The van der Waals surface area contributed by atoms with Crippen molar-refractivity contribution < 1.29 is 14.4 Å². The van der Waals surface area contributed by atoms with E-state index >= 15 is 0 Å². The molecule has 1 unspecified atom stereocenters. The van der Waals surface area contributed by atoms with Crippen LogP contribution in [0.1, 0.15) is 22.6 Å². The average molecular weight is 482 g/mol. The lowest BCUT2D eigenvalue weighted by atomic mass is 9.89. The fraction of sp³-hybridized carbons (Fsp3) is 0.167. The van der Waals surface area contributed by atoms with E-state index in [-0.39, 0.29) is 19.0 Å². The van der Waals surface area contributed by atoms with Crippen LogP contribution in [0.4, 0.5) is 0 Å². The molecule has 0 aliphatic carbocycles. The first kappa shape index (κ1) is 26.2. The number of nitrogens with one attached hydrogen (secondary N) is 2. The highest BCUT2D eigenvalue weighted by atomic mass is 16.2. The lowest BCUT2D eigenvalue weighted by Crippen LogP contribution is -2.63. The fourth-order valence-corrected chi connectivity index (χ4v) is 3.98. The SMILES string of the molecule is C=CC=C.O=C1NCCN(C(=O)C(c2ccccc2)c2ccccc2)C1C(=O)NCc1ccccc1. The summed E-state index contributed by atoms with van der Waals surface area (Å²) in [7, 11) is 0. The predicted octanol–water partition coefficient (Wildman–Crippen LogP) is 3.82. The Labute approximate surface area is 212 Å². The van der Waals surface area contributed by atoms with E-state index in [0.29, 0.717) is 6.54 Å². The summed E-state index contributed by atoms with van der Waals surface area (Å²) >= 11 is 0. The van der Waals surface area contributed by atoms with E-state index in [0.717, 1.165) is 16.7 Å². The Morgan fingerprint density at radius 3 is 1.89 bits per heavy atom. The van der Waals surface area contributed by atoms with Gasteiger partial charge < -0.3 is 15.5 Å². The number of carbonyl (C=O) groups is 3. The van der Waals surface area contributed by atoms with Crippen LogP contribution in [0.25, 0.3) is 0 Å². The molecule has 1 aliphatic rings. The zero-order valence-corrected chi connectivity index (χ0v) is 20.2. The van der Waals surface area contributed by atoms with Crippen molar-refractivity contribution in [1.29, 1.82) is 0 Å². The van der Waals surface area contributed by atoms with Gasteiger partial charge in [-0.05, 0) is 16.7 Å². The predicted molar refractivity (Wildman–Crippen MR) is 142 cm³/mol. The fourth-order valence-electron chi connectivity index (χ4n) is 3.98. The van der Waals surface area contributed by atoms with Gasteiger partial charge in [-0.3, -0.25) is 14.4 Å². The number of hydrogen-bond donors (Lipinski definition) is 2. The van der Waals surface area contributed by atoms with Gasteiger partial charge in [-0.15, -0.1) is 0 Å². The summed E-state index contributed by atoms with van der Waals surface area (Å²) in [6, 6.07) is 27.1. The first-order valence-electron chi connectivity index (χ1n) is 11.8. The van der Waals surface area contributed by atoms with Crippen molar-refractivity contribution in [3.05, 3.63) is 133 Å². The highest BCUT2D eigenvalue weighted by Crippen LogP contribution is 2.28. The van der Waals surface area contributed by atoms with E-state index < -0.39 is 23.8 Å². The summed E-state index contributed by atoms with van der Waals surface area (Å²) in [6.07, 6.45) is 3.28. The highest BCUT2D eigenvalue weighted by molar-refractivity contribution is 6.08. The number of rotatable bonds is 7. The van der Waals surface area contributed by atoms with Crippen molar-refractivity contribution >= 4 is 17.7 Å². The van der Waals surface area contributed by atoms with Crippen molar-refractivity contribution in [1.82, 2.24) is 15.5 Å². The molecule has 3 amide bonds. The largest absolute Gasteiger partial charge is 0.352 e. The van der Waals surface area contributed by atoms with Crippen LogP contribution in [-0.2, 0) is 20.9 Å². The van der Waals surface area contributed by atoms with Gasteiger partial charge in [0.1, 0.15) is 0 Å². The number of hydrogen-bond acceptors (Lipinski definition) is 3. The van der Waals surface area contributed by atoms with Gasteiger partial charge >= 0.3 is 0 Å². The smallest absolute Gasteiger partial charge is 0.252 e. The molecular formula is C30H31N3O3. The Balaban J connectivity index is 0.000000840. The molecule has 1 fully saturated rings. The van der Waals surface area contributed by atoms with Crippen molar-refractivity contribution in [3.8, 4) is 0 Å². The van der Waals surface area contributed by atoms with Crippen molar-refractivity contribution in [2.45, 2.75) is 18.5 Å². The Morgan fingerprint density at radius 1 is 0.889 bits per heavy atom. The first-order chi connectivity index (χ1) is 17.6. The zero-order chi connectivity index (χ0) is 25.8. The second-order valence-electron chi connectivity index (χ2n) is 8.15. The average Bonchev–Trinajstić information content (AvgIpc) is 2.93. The van der Waals surface area contributed by atoms with E-state index in [1.54, 1.807) is 12.2 Å². The molecule has 1 heterocycles. The number of nitrogens with zero attached hydrogens (tertiary/aromatic N) is 1. The third-order valence-electron chi connectivity index (χ3n) is 5.73. The van der Waals surface area contributed by atoms with Gasteiger partial charge in [0.25, 0.3) is 11.8 Å². The molecule has 0 bridgehead atoms. The molecule has 0 spiro atoms. The van der Waals surface area contributed by atoms with E-state index in [2.05, 4.69) is 23.8 Å². The Bertz CT molecular complexity index is 1120. The molecule has 3 aromatic carbocycles. The molecule has 184 valence electrons. The monoisotopic (exact) mass is 481 g/mol. The molecule has 6 nitrogen and oxygen atoms in total. The third kappa shape index (κ3) is 6.79. The second kappa shape index (κ2) is 13.4. The maximum atomic E-state index is 13.8. The van der Waals surface area contributed by atoms with Gasteiger partial charge in [0, 0.05) is 19.6 Å². The van der Waals surface area contributed by atoms with Crippen LogP contribution in [0.15, 0.2) is 116 Å². The third-order valence-corrected chi connectivity index (χ3v) is 5.73. The molecule has 0 aromatic heterocycles. The van der Waals surface area contributed by atoms with Crippen molar-refractivity contribution in [2.24, 2.45) is 0 Å². The molecule has 0 radical (unpaired) electrons. The lowest BCUT2D eigenvalue weighted by Gasteiger charge is -2.36. The summed E-state index contributed by atoms with van der Waals surface area (Å²) in [6.45, 7) is 7.58. The molecule has 1 saturated heterocycles. The maximum Gasteiger partial charge on any atom is 0.252 e. The Kier molecular flexibility index (Phi) is 9.77. The molecule has 4 rings (SSSR count). The standard InChI is InChI=1S/C26H25N3O3.C4H6/c30-24-23(25(31)28-18-19-10-4-1-5-11-19)29(17-16-27-24)26(32)22(20-12-6-2-7-13-20)21-14-8-3-9-15-21;1-3-4-2/h1-15,22-23H,16-18H2,(H,27,30)(H,28,31);3-4H,1-2H2. The minimum Gasteiger partial charge on any atom is -0.352 e. The van der Waals surface area contributed by atoms with Crippen LogP contribution in [0.2, 0.25) is 0 Å². The van der Waals surface area contributed by atoms with Crippen LogP contribution < -0.4 is 10.6 Å². The molecule has 2 N–H and O–H groups in total. The van der Waals surface area contributed by atoms with E-state index in [4.69, 9.17) is 0 Å². The summed E-state index contributed by atoms with van der Waals surface area (Å²) in [5.74, 6) is -1.82. The van der Waals surface area contributed by atoms with Crippen LogP contribution >= 0.6 is 0 Å². The molecular weight excluding hydrogens is 450 g/mol. The second-order valence-corrected chi connectivity index (χ2v) is 8.15. The normalized spacial score (nSPS) is 14.6. The first-order valence-corrected chi connectivity index (χ1v) is 11.8. The van der Waals surface area contributed by atoms with Gasteiger partial charge in [0.15, 0.2) is 6.04 Å².